The van der Waals surface area contributed by atoms with Crippen LogP contribution in [0.25, 0.3) is 0 Å². The van der Waals surface area contributed by atoms with Gasteiger partial charge in [-0.05, 0) is 44.9 Å². The summed E-state index contributed by atoms with van der Waals surface area (Å²) in [4.78, 5) is 12.4. The fraction of sp³-hybridized carbons (Fsp3) is 0.881. The van der Waals surface area contributed by atoms with Crippen LogP contribution < -0.4 is 5.32 Å². The predicted octanol–water partition coefficient (Wildman–Crippen LogP) is 11.4. The highest BCUT2D eigenvalue weighted by molar-refractivity contribution is 5.76. The Morgan fingerprint density at radius 2 is 0.915 bits per heavy atom. The molecule has 0 aliphatic rings. The Kier molecular flexibility index (Phi) is 36.7. The van der Waals surface area contributed by atoms with Crippen LogP contribution in [0.2, 0.25) is 0 Å². The minimum absolute atomic E-state index is 0.153. The molecule has 4 N–H and O–H groups in total. The second-order valence-electron chi connectivity index (χ2n) is 14.2. The van der Waals surface area contributed by atoms with Crippen LogP contribution in [0.4, 0.5) is 0 Å². The van der Waals surface area contributed by atoms with E-state index in [1.54, 1.807) is 0 Å². The summed E-state index contributed by atoms with van der Waals surface area (Å²) in [7, 11) is 0. The van der Waals surface area contributed by atoms with Crippen molar-refractivity contribution in [2.24, 2.45) is 0 Å². The molecule has 0 aromatic heterocycles. The van der Waals surface area contributed by atoms with Crippen molar-refractivity contribution in [3.8, 4) is 0 Å². The molecule has 1 amide bonds. The molecule has 0 aromatic carbocycles. The number of aliphatic hydroxyl groups is 3. The van der Waals surface area contributed by atoms with Crippen molar-refractivity contribution in [3.05, 3.63) is 24.3 Å². The molecule has 3 unspecified atom stereocenters. The molecule has 3 atom stereocenters. The van der Waals surface area contributed by atoms with E-state index in [0.717, 1.165) is 51.4 Å². The molecule has 0 aromatic rings. The van der Waals surface area contributed by atoms with E-state index in [1.807, 2.05) is 0 Å². The molecule has 0 saturated heterocycles. The standard InChI is InChI=1S/C42H81NO4/c1-3-5-7-9-11-13-15-16-17-18-19-20-21-22-23-24-25-26-27-29-31-33-35-37-41(46)43-39(38-44)42(47)40(45)36-34-32-30-28-14-12-10-8-6-4-2/h19-20,22-23,39-40,42,44-45,47H,3-18,21,24-38H2,1-2H3,(H,43,46)/b20-19-,23-22-. The van der Waals surface area contributed by atoms with Gasteiger partial charge in [-0.2, -0.15) is 0 Å². The largest absolute Gasteiger partial charge is 0.394 e. The van der Waals surface area contributed by atoms with Crippen LogP contribution in [0.15, 0.2) is 24.3 Å². The number of unbranched alkanes of at least 4 members (excludes halogenated alkanes) is 25. The molecule has 0 aliphatic heterocycles. The van der Waals surface area contributed by atoms with E-state index in [-0.39, 0.29) is 12.5 Å². The number of nitrogens with one attached hydrogen (secondary N) is 1. The van der Waals surface area contributed by atoms with Crippen LogP contribution in [0, 0.1) is 0 Å². The Morgan fingerprint density at radius 3 is 1.34 bits per heavy atom. The SMILES string of the molecule is CCCCCCCCCCC/C=C\C/C=C\CCCCCCCCCC(=O)NC(CO)C(O)C(O)CCCCCCCCCCCC. The summed E-state index contributed by atoms with van der Waals surface area (Å²) >= 11 is 0. The molecule has 5 nitrogen and oxygen atoms in total. The quantitative estimate of drug-likeness (QED) is 0.0393. The third kappa shape index (κ3) is 33.1. The van der Waals surface area contributed by atoms with E-state index in [0.29, 0.717) is 12.8 Å². The van der Waals surface area contributed by atoms with Gasteiger partial charge in [-0.3, -0.25) is 4.79 Å². The molecule has 0 rings (SSSR count). The molecule has 47 heavy (non-hydrogen) atoms. The number of carbonyl (C=O) groups excluding carboxylic acids is 1. The Morgan fingerprint density at radius 1 is 0.532 bits per heavy atom. The lowest BCUT2D eigenvalue weighted by atomic mass is 9.99. The zero-order valence-electron chi connectivity index (χ0n) is 31.4. The van der Waals surface area contributed by atoms with E-state index in [2.05, 4.69) is 43.5 Å². The topological polar surface area (TPSA) is 89.8 Å². The number of carbonyl (C=O) groups is 1. The Hall–Kier alpha value is -1.17. The maximum Gasteiger partial charge on any atom is 0.220 e. The summed E-state index contributed by atoms with van der Waals surface area (Å²) in [5, 5.41) is 33.3. The zero-order valence-corrected chi connectivity index (χ0v) is 31.4. The van der Waals surface area contributed by atoms with E-state index >= 15 is 0 Å². The van der Waals surface area contributed by atoms with Crippen molar-refractivity contribution in [3.63, 3.8) is 0 Å². The predicted molar refractivity (Wildman–Crippen MR) is 204 cm³/mol. The molecule has 5 heteroatoms. The molecular formula is C42H81NO4. The van der Waals surface area contributed by atoms with Gasteiger partial charge in [0, 0.05) is 6.42 Å². The Balaban J connectivity index is 3.63. The highest BCUT2D eigenvalue weighted by Crippen LogP contribution is 2.15. The fourth-order valence-corrected chi connectivity index (χ4v) is 6.31. The molecular weight excluding hydrogens is 582 g/mol. The number of allylic oxidation sites excluding steroid dienone is 4. The highest BCUT2D eigenvalue weighted by atomic mass is 16.3. The van der Waals surface area contributed by atoms with Gasteiger partial charge in [0.1, 0.15) is 6.10 Å². The number of aliphatic hydroxyl groups excluding tert-OH is 3. The van der Waals surface area contributed by atoms with Crippen molar-refractivity contribution in [1.29, 1.82) is 0 Å². The Bertz CT molecular complexity index is 694. The smallest absolute Gasteiger partial charge is 0.220 e. The third-order valence-corrected chi connectivity index (χ3v) is 9.56. The van der Waals surface area contributed by atoms with Gasteiger partial charge in [0.05, 0.1) is 18.8 Å². The molecule has 0 radical (unpaired) electrons. The number of rotatable bonds is 37. The lowest BCUT2D eigenvalue weighted by Crippen LogP contribution is -2.50. The van der Waals surface area contributed by atoms with Gasteiger partial charge < -0.3 is 20.6 Å². The summed E-state index contributed by atoms with van der Waals surface area (Å²) < 4.78 is 0. The normalized spacial score (nSPS) is 13.9. The van der Waals surface area contributed by atoms with Crippen LogP contribution >= 0.6 is 0 Å². The van der Waals surface area contributed by atoms with Gasteiger partial charge >= 0.3 is 0 Å². The third-order valence-electron chi connectivity index (χ3n) is 9.56. The monoisotopic (exact) mass is 664 g/mol. The van der Waals surface area contributed by atoms with Crippen molar-refractivity contribution < 1.29 is 20.1 Å². The maximum atomic E-state index is 12.4. The average Bonchev–Trinajstić information content (AvgIpc) is 3.07. The van der Waals surface area contributed by atoms with E-state index in [4.69, 9.17) is 0 Å². The van der Waals surface area contributed by atoms with E-state index < -0.39 is 18.2 Å². The highest BCUT2D eigenvalue weighted by Gasteiger charge is 2.26. The minimum atomic E-state index is -1.14. The van der Waals surface area contributed by atoms with Gasteiger partial charge in [-0.25, -0.2) is 0 Å². The molecule has 0 spiro atoms. The van der Waals surface area contributed by atoms with Gasteiger partial charge in [0.15, 0.2) is 0 Å². The summed E-state index contributed by atoms with van der Waals surface area (Å²) in [6, 6.07) is -0.810. The van der Waals surface area contributed by atoms with Crippen LogP contribution in [0.1, 0.15) is 213 Å². The van der Waals surface area contributed by atoms with Crippen molar-refractivity contribution >= 4 is 5.91 Å². The molecule has 0 aliphatic carbocycles. The molecule has 278 valence electrons. The zero-order chi connectivity index (χ0) is 34.5. The lowest BCUT2D eigenvalue weighted by Gasteiger charge is -2.26. The molecule has 0 heterocycles. The summed E-state index contributed by atoms with van der Waals surface area (Å²) in [5.74, 6) is -0.153. The van der Waals surface area contributed by atoms with Crippen LogP contribution in [0.5, 0.6) is 0 Å². The van der Waals surface area contributed by atoms with Gasteiger partial charge in [-0.15, -0.1) is 0 Å². The summed E-state index contributed by atoms with van der Waals surface area (Å²) in [6.45, 7) is 4.15. The van der Waals surface area contributed by atoms with Gasteiger partial charge in [0.25, 0.3) is 0 Å². The summed E-state index contributed by atoms with van der Waals surface area (Å²) in [5.41, 5.74) is 0. The lowest BCUT2D eigenvalue weighted by molar-refractivity contribution is -0.124. The van der Waals surface area contributed by atoms with Gasteiger partial charge in [0.2, 0.25) is 5.91 Å². The second kappa shape index (κ2) is 37.6. The minimum Gasteiger partial charge on any atom is -0.394 e. The first-order chi connectivity index (χ1) is 23.1. The number of hydrogen-bond donors (Lipinski definition) is 4. The second-order valence-corrected chi connectivity index (χ2v) is 14.2. The van der Waals surface area contributed by atoms with Crippen LogP contribution in [-0.4, -0.2) is 46.1 Å². The van der Waals surface area contributed by atoms with Crippen molar-refractivity contribution in [2.45, 2.75) is 231 Å². The number of amides is 1. The fourth-order valence-electron chi connectivity index (χ4n) is 6.31. The molecule has 0 fully saturated rings. The van der Waals surface area contributed by atoms with E-state index in [9.17, 15) is 20.1 Å². The van der Waals surface area contributed by atoms with E-state index in [1.165, 1.54) is 135 Å². The van der Waals surface area contributed by atoms with Crippen molar-refractivity contribution in [1.82, 2.24) is 5.32 Å². The van der Waals surface area contributed by atoms with Crippen LogP contribution in [0.3, 0.4) is 0 Å². The first-order valence-corrected chi connectivity index (χ1v) is 20.6. The van der Waals surface area contributed by atoms with Gasteiger partial charge in [-0.1, -0.05) is 186 Å². The first kappa shape index (κ1) is 45.8. The molecule has 0 saturated carbocycles. The van der Waals surface area contributed by atoms with Crippen molar-refractivity contribution in [2.75, 3.05) is 6.61 Å². The Labute approximate surface area is 292 Å². The number of hydrogen-bond acceptors (Lipinski definition) is 4. The average molecular weight is 664 g/mol. The maximum absolute atomic E-state index is 12.4. The molecule has 0 bridgehead atoms. The first-order valence-electron chi connectivity index (χ1n) is 20.6. The summed E-state index contributed by atoms with van der Waals surface area (Å²) in [6.07, 6.45) is 44.3. The van der Waals surface area contributed by atoms with Crippen LogP contribution in [-0.2, 0) is 4.79 Å².